The number of benzene rings is 1. The zero-order chi connectivity index (χ0) is 10.4. The van der Waals surface area contributed by atoms with Crippen molar-refractivity contribution >= 4 is 11.6 Å². The van der Waals surface area contributed by atoms with Gasteiger partial charge in [-0.3, -0.25) is 0 Å². The minimum atomic E-state index is 0.642. The van der Waals surface area contributed by atoms with Crippen LogP contribution in [0.4, 0.5) is 0 Å². The van der Waals surface area contributed by atoms with Crippen LogP contribution in [0.5, 0.6) is 0 Å². The van der Waals surface area contributed by atoms with Gasteiger partial charge in [0.25, 0.3) is 0 Å². The summed E-state index contributed by atoms with van der Waals surface area (Å²) in [6, 6.07) is 4.18. The molecule has 1 N–H and O–H groups in total. The fourth-order valence-corrected chi connectivity index (χ4v) is 3.07. The summed E-state index contributed by atoms with van der Waals surface area (Å²) in [4.78, 5) is 0. The predicted octanol–water partition coefficient (Wildman–Crippen LogP) is 2.50. The standard InChI is InChI=1S/C13H12ClN/c1-2-8-4-11-9-3-10(7-15-6-9)12(11)5-13(8)14/h1,4-5,9-10,15H,3,6-7H2. The lowest BCUT2D eigenvalue weighted by Gasteiger charge is -2.19. The number of rotatable bonds is 0. The van der Waals surface area contributed by atoms with Gasteiger partial charge in [0.05, 0.1) is 5.02 Å². The van der Waals surface area contributed by atoms with E-state index in [1.807, 2.05) is 0 Å². The summed E-state index contributed by atoms with van der Waals surface area (Å²) in [5, 5.41) is 4.18. The molecule has 1 aromatic rings. The molecule has 2 atom stereocenters. The van der Waals surface area contributed by atoms with E-state index in [-0.39, 0.29) is 0 Å². The van der Waals surface area contributed by atoms with Gasteiger partial charge in [-0.25, -0.2) is 0 Å². The molecule has 1 fully saturated rings. The highest BCUT2D eigenvalue weighted by Crippen LogP contribution is 2.45. The molecular weight excluding hydrogens is 206 g/mol. The molecule has 2 bridgehead atoms. The van der Waals surface area contributed by atoms with Crippen molar-refractivity contribution in [2.24, 2.45) is 0 Å². The van der Waals surface area contributed by atoms with E-state index in [2.05, 4.69) is 23.4 Å². The summed E-state index contributed by atoms with van der Waals surface area (Å²) in [6.45, 7) is 2.16. The van der Waals surface area contributed by atoms with Gasteiger partial charge in [-0.05, 0) is 41.5 Å². The molecule has 0 saturated carbocycles. The predicted molar refractivity (Wildman–Crippen MR) is 62.4 cm³/mol. The Bertz CT molecular complexity index is 458. The van der Waals surface area contributed by atoms with E-state index >= 15 is 0 Å². The van der Waals surface area contributed by atoms with Crippen LogP contribution in [0, 0.1) is 12.3 Å². The van der Waals surface area contributed by atoms with Crippen LogP contribution in [0.25, 0.3) is 0 Å². The first kappa shape index (κ1) is 9.27. The van der Waals surface area contributed by atoms with Gasteiger partial charge >= 0.3 is 0 Å². The molecule has 0 aromatic heterocycles. The second kappa shape index (κ2) is 3.27. The Morgan fingerprint density at radius 3 is 2.60 bits per heavy atom. The van der Waals surface area contributed by atoms with Crippen molar-refractivity contribution < 1.29 is 0 Å². The third-order valence-electron chi connectivity index (χ3n) is 3.56. The molecule has 2 unspecified atom stereocenters. The topological polar surface area (TPSA) is 12.0 Å². The number of hydrogen-bond donors (Lipinski definition) is 1. The quantitative estimate of drug-likeness (QED) is 0.659. The van der Waals surface area contributed by atoms with Crippen LogP contribution in [-0.4, -0.2) is 13.1 Å². The number of halogens is 1. The molecule has 3 rings (SSSR count). The summed E-state index contributed by atoms with van der Waals surface area (Å²) in [7, 11) is 0. The zero-order valence-electron chi connectivity index (χ0n) is 8.39. The normalized spacial score (nSPS) is 27.2. The van der Waals surface area contributed by atoms with Crippen LogP contribution in [0.3, 0.4) is 0 Å². The van der Waals surface area contributed by atoms with E-state index in [9.17, 15) is 0 Å². The summed E-state index contributed by atoms with van der Waals surface area (Å²) in [6.07, 6.45) is 6.69. The van der Waals surface area contributed by atoms with E-state index in [0.29, 0.717) is 11.8 Å². The maximum Gasteiger partial charge on any atom is 0.0565 e. The van der Waals surface area contributed by atoms with Gasteiger partial charge < -0.3 is 5.32 Å². The molecule has 2 heteroatoms. The molecule has 1 nitrogen and oxygen atoms in total. The molecular formula is C13H12ClN. The molecule has 1 saturated heterocycles. The van der Waals surface area contributed by atoms with Crippen molar-refractivity contribution in [1.29, 1.82) is 0 Å². The Balaban J connectivity index is 2.18. The average Bonchev–Trinajstić information content (AvgIpc) is 2.50. The Kier molecular flexibility index (Phi) is 2.02. The summed E-state index contributed by atoms with van der Waals surface area (Å²) in [5.74, 6) is 3.94. The monoisotopic (exact) mass is 217 g/mol. The number of nitrogens with one attached hydrogen (secondary N) is 1. The summed E-state index contributed by atoms with van der Waals surface area (Å²) < 4.78 is 0. The molecule has 1 heterocycles. The maximum absolute atomic E-state index is 6.14. The van der Waals surface area contributed by atoms with Gasteiger partial charge in [0.2, 0.25) is 0 Å². The Labute approximate surface area is 94.8 Å². The van der Waals surface area contributed by atoms with Gasteiger partial charge in [0.1, 0.15) is 0 Å². The lowest BCUT2D eigenvalue weighted by molar-refractivity contribution is 0.454. The van der Waals surface area contributed by atoms with Gasteiger partial charge in [0.15, 0.2) is 0 Å². The van der Waals surface area contributed by atoms with Crippen LogP contribution in [-0.2, 0) is 0 Å². The minimum absolute atomic E-state index is 0.642. The van der Waals surface area contributed by atoms with Crippen molar-refractivity contribution in [3.05, 3.63) is 33.8 Å². The molecule has 1 aliphatic heterocycles. The SMILES string of the molecule is C#Cc1cc2c(cc1Cl)C1CNCC2C1. The van der Waals surface area contributed by atoms with Crippen LogP contribution >= 0.6 is 11.6 Å². The largest absolute Gasteiger partial charge is 0.316 e. The minimum Gasteiger partial charge on any atom is -0.316 e. The number of fused-ring (bicyclic) bond motifs is 5. The van der Waals surface area contributed by atoms with Gasteiger partial charge in [-0.2, -0.15) is 0 Å². The van der Waals surface area contributed by atoms with Crippen LogP contribution in [0.1, 0.15) is 34.9 Å². The first-order chi connectivity index (χ1) is 7.29. The lowest BCUT2D eigenvalue weighted by atomic mass is 9.98. The van der Waals surface area contributed by atoms with Crippen molar-refractivity contribution in [3.8, 4) is 12.3 Å². The highest BCUT2D eigenvalue weighted by molar-refractivity contribution is 6.31. The third-order valence-corrected chi connectivity index (χ3v) is 3.87. The van der Waals surface area contributed by atoms with Gasteiger partial charge in [0, 0.05) is 18.7 Å². The smallest absolute Gasteiger partial charge is 0.0565 e. The Morgan fingerprint density at radius 2 is 1.93 bits per heavy atom. The van der Waals surface area contributed by atoms with E-state index in [4.69, 9.17) is 18.0 Å². The molecule has 1 aliphatic carbocycles. The van der Waals surface area contributed by atoms with Crippen LogP contribution < -0.4 is 5.32 Å². The van der Waals surface area contributed by atoms with E-state index in [1.54, 1.807) is 0 Å². The molecule has 1 aromatic carbocycles. The molecule has 2 aliphatic rings. The maximum atomic E-state index is 6.14. The lowest BCUT2D eigenvalue weighted by Crippen LogP contribution is -2.28. The Morgan fingerprint density at radius 1 is 1.27 bits per heavy atom. The van der Waals surface area contributed by atoms with Crippen molar-refractivity contribution in [2.75, 3.05) is 13.1 Å². The average molecular weight is 218 g/mol. The van der Waals surface area contributed by atoms with Gasteiger partial charge in [-0.15, -0.1) is 6.42 Å². The van der Waals surface area contributed by atoms with E-state index in [0.717, 1.165) is 23.7 Å². The molecule has 76 valence electrons. The second-order valence-corrected chi connectivity index (χ2v) is 4.80. The second-order valence-electron chi connectivity index (χ2n) is 4.39. The van der Waals surface area contributed by atoms with Crippen LogP contribution in [0.15, 0.2) is 12.1 Å². The number of terminal acetylenes is 1. The van der Waals surface area contributed by atoms with Crippen molar-refractivity contribution in [1.82, 2.24) is 5.32 Å². The first-order valence-electron chi connectivity index (χ1n) is 5.30. The van der Waals surface area contributed by atoms with Gasteiger partial charge in [-0.1, -0.05) is 17.5 Å². The fourth-order valence-electron chi connectivity index (χ4n) is 2.84. The highest BCUT2D eigenvalue weighted by Gasteiger charge is 2.34. The number of hydrogen-bond acceptors (Lipinski definition) is 1. The van der Waals surface area contributed by atoms with E-state index < -0.39 is 0 Å². The van der Waals surface area contributed by atoms with Crippen LogP contribution in [0.2, 0.25) is 5.02 Å². The third kappa shape index (κ3) is 1.29. The Hall–Kier alpha value is -0.970. The molecule has 0 radical (unpaired) electrons. The number of piperidine rings is 1. The van der Waals surface area contributed by atoms with Crippen molar-refractivity contribution in [2.45, 2.75) is 18.3 Å². The first-order valence-corrected chi connectivity index (χ1v) is 5.68. The fraction of sp³-hybridized carbons (Fsp3) is 0.385. The highest BCUT2D eigenvalue weighted by atomic mass is 35.5. The van der Waals surface area contributed by atoms with Crippen molar-refractivity contribution in [3.63, 3.8) is 0 Å². The molecule has 0 spiro atoms. The zero-order valence-corrected chi connectivity index (χ0v) is 9.14. The van der Waals surface area contributed by atoms with E-state index in [1.165, 1.54) is 17.5 Å². The summed E-state index contributed by atoms with van der Waals surface area (Å²) >= 11 is 6.14. The summed E-state index contributed by atoms with van der Waals surface area (Å²) in [5.41, 5.74) is 3.67. The molecule has 0 amide bonds. The molecule has 15 heavy (non-hydrogen) atoms.